The monoisotopic (exact) mass is 322 g/mol. The van der Waals surface area contributed by atoms with E-state index in [0.717, 1.165) is 10.7 Å². The van der Waals surface area contributed by atoms with Crippen LogP contribution in [-0.4, -0.2) is 39.4 Å². The number of nitrogens with one attached hydrogen (secondary N) is 1. The normalized spacial score (nSPS) is 20.7. The summed E-state index contributed by atoms with van der Waals surface area (Å²) in [6.45, 7) is 1.03. The molecule has 0 amide bonds. The predicted octanol–water partition coefficient (Wildman–Crippen LogP) is 1.72. The largest absolute Gasteiger partial charge is 0.319 e. The number of rotatable bonds is 4. The second-order valence-electron chi connectivity index (χ2n) is 5.13. The van der Waals surface area contributed by atoms with Gasteiger partial charge < -0.3 is 5.32 Å². The van der Waals surface area contributed by atoms with Gasteiger partial charge in [-0.2, -0.15) is 4.31 Å². The highest BCUT2D eigenvalue weighted by Gasteiger charge is 2.34. The fraction of sp³-hybridized carbons (Fsp3) is 0.538. The first-order valence-electron chi connectivity index (χ1n) is 6.65. The summed E-state index contributed by atoms with van der Waals surface area (Å²) < 4.78 is 66.2. The average molecular weight is 322 g/mol. The molecule has 1 aliphatic heterocycles. The van der Waals surface area contributed by atoms with E-state index in [1.54, 1.807) is 7.05 Å². The third-order valence-electron chi connectivity index (χ3n) is 3.54. The van der Waals surface area contributed by atoms with E-state index in [4.69, 9.17) is 0 Å². The summed E-state index contributed by atoms with van der Waals surface area (Å²) in [5.41, 5.74) is 0. The molecule has 0 aromatic heterocycles. The minimum Gasteiger partial charge on any atom is -0.319 e. The minimum atomic E-state index is -4.30. The highest BCUT2D eigenvalue weighted by Crippen LogP contribution is 2.27. The number of piperidine rings is 1. The van der Waals surface area contributed by atoms with E-state index in [1.165, 1.54) is 0 Å². The summed E-state index contributed by atoms with van der Waals surface area (Å²) in [6.07, 6.45) is 1.47. The molecule has 1 aromatic carbocycles. The first-order chi connectivity index (χ1) is 9.86. The van der Waals surface area contributed by atoms with Gasteiger partial charge in [-0.1, -0.05) is 0 Å². The van der Waals surface area contributed by atoms with Gasteiger partial charge in [0.1, 0.15) is 17.5 Å². The molecule has 2 rings (SSSR count). The van der Waals surface area contributed by atoms with Crippen LogP contribution in [0.1, 0.15) is 12.8 Å². The molecule has 21 heavy (non-hydrogen) atoms. The van der Waals surface area contributed by atoms with Crippen molar-refractivity contribution in [3.8, 4) is 0 Å². The fourth-order valence-corrected chi connectivity index (χ4v) is 4.25. The van der Waals surface area contributed by atoms with Crippen molar-refractivity contribution >= 4 is 10.0 Å². The Morgan fingerprint density at radius 3 is 2.48 bits per heavy atom. The van der Waals surface area contributed by atoms with Gasteiger partial charge >= 0.3 is 0 Å². The van der Waals surface area contributed by atoms with Gasteiger partial charge in [-0.05, 0) is 32.4 Å². The molecule has 1 N–H and O–H groups in total. The molecule has 0 bridgehead atoms. The van der Waals surface area contributed by atoms with Crippen molar-refractivity contribution in [1.82, 2.24) is 9.62 Å². The van der Waals surface area contributed by atoms with Crippen molar-refractivity contribution in [3.05, 3.63) is 29.6 Å². The highest BCUT2D eigenvalue weighted by atomic mass is 32.2. The van der Waals surface area contributed by atoms with Crippen LogP contribution in [0.4, 0.5) is 13.2 Å². The highest BCUT2D eigenvalue weighted by molar-refractivity contribution is 7.89. The van der Waals surface area contributed by atoms with E-state index in [-0.39, 0.29) is 19.0 Å². The molecule has 1 saturated heterocycles. The molecular weight excluding hydrogens is 305 g/mol. The van der Waals surface area contributed by atoms with Crippen molar-refractivity contribution in [2.45, 2.75) is 17.7 Å². The smallest absolute Gasteiger partial charge is 0.248 e. The molecule has 0 aliphatic carbocycles. The lowest BCUT2D eigenvalue weighted by Crippen LogP contribution is -2.42. The second-order valence-corrected chi connectivity index (χ2v) is 7.00. The number of hydrogen-bond donors (Lipinski definition) is 1. The van der Waals surface area contributed by atoms with E-state index in [2.05, 4.69) is 5.32 Å². The van der Waals surface area contributed by atoms with Crippen LogP contribution in [-0.2, 0) is 10.0 Å². The van der Waals surface area contributed by atoms with Gasteiger partial charge in [-0.15, -0.1) is 0 Å². The molecule has 1 aromatic rings. The number of halogens is 3. The van der Waals surface area contributed by atoms with Gasteiger partial charge in [0.05, 0.1) is 0 Å². The Balaban J connectivity index is 2.34. The zero-order valence-electron chi connectivity index (χ0n) is 11.6. The average Bonchev–Trinajstić information content (AvgIpc) is 2.37. The first kappa shape index (κ1) is 16.3. The van der Waals surface area contributed by atoms with Gasteiger partial charge in [-0.25, -0.2) is 21.6 Å². The van der Waals surface area contributed by atoms with Crippen LogP contribution in [0.25, 0.3) is 0 Å². The predicted molar refractivity (Wildman–Crippen MR) is 71.7 cm³/mol. The molecular formula is C13H17F3N2O2S. The van der Waals surface area contributed by atoms with E-state index in [9.17, 15) is 21.6 Å². The van der Waals surface area contributed by atoms with Crippen LogP contribution in [0.5, 0.6) is 0 Å². The molecule has 1 fully saturated rings. The Morgan fingerprint density at radius 2 is 1.90 bits per heavy atom. The van der Waals surface area contributed by atoms with Crippen molar-refractivity contribution in [2.24, 2.45) is 5.92 Å². The van der Waals surface area contributed by atoms with E-state index in [0.29, 0.717) is 25.1 Å². The van der Waals surface area contributed by atoms with Crippen LogP contribution >= 0.6 is 0 Å². The Kier molecular flexibility index (Phi) is 4.90. The number of benzene rings is 1. The van der Waals surface area contributed by atoms with Crippen LogP contribution in [0.2, 0.25) is 0 Å². The molecule has 1 unspecified atom stereocenters. The molecule has 1 atom stereocenters. The molecule has 1 heterocycles. The van der Waals surface area contributed by atoms with Crippen LogP contribution in [0, 0.1) is 23.4 Å². The Bertz CT molecular complexity index is 597. The quantitative estimate of drug-likeness (QED) is 0.918. The maximum atomic E-state index is 13.7. The van der Waals surface area contributed by atoms with Crippen molar-refractivity contribution in [1.29, 1.82) is 0 Å². The number of sulfonamides is 1. The summed E-state index contributed by atoms with van der Waals surface area (Å²) in [5.74, 6) is -3.85. The van der Waals surface area contributed by atoms with E-state index < -0.39 is 32.4 Å². The topological polar surface area (TPSA) is 49.4 Å². The molecule has 4 nitrogen and oxygen atoms in total. The summed E-state index contributed by atoms with van der Waals surface area (Å²) in [5, 5.41) is 2.96. The number of nitrogens with zero attached hydrogens (tertiary/aromatic N) is 1. The molecule has 0 spiro atoms. The molecule has 118 valence electrons. The molecule has 0 saturated carbocycles. The summed E-state index contributed by atoms with van der Waals surface area (Å²) in [4.78, 5) is -1.07. The lowest BCUT2D eigenvalue weighted by atomic mass is 10.00. The minimum absolute atomic E-state index is 0.0881. The van der Waals surface area contributed by atoms with Crippen molar-refractivity contribution < 1.29 is 21.6 Å². The van der Waals surface area contributed by atoms with Crippen molar-refractivity contribution in [2.75, 3.05) is 26.7 Å². The van der Waals surface area contributed by atoms with Gasteiger partial charge in [0.25, 0.3) is 0 Å². The fourth-order valence-electron chi connectivity index (χ4n) is 2.60. The number of hydrogen-bond acceptors (Lipinski definition) is 3. The van der Waals surface area contributed by atoms with E-state index in [1.807, 2.05) is 0 Å². The van der Waals surface area contributed by atoms with Crippen LogP contribution in [0.3, 0.4) is 0 Å². The standard InChI is InChI=1S/C13H17F3N2O2S/c1-17-7-9-3-2-4-18(8-9)21(19,20)13-11(15)5-10(14)6-12(13)16/h5-6,9,17H,2-4,7-8H2,1H3. The Hall–Kier alpha value is -1.12. The second kappa shape index (κ2) is 6.33. The first-order valence-corrected chi connectivity index (χ1v) is 8.09. The maximum Gasteiger partial charge on any atom is 0.248 e. The molecule has 1 aliphatic rings. The Labute approximate surface area is 122 Å². The SMILES string of the molecule is CNCC1CCCN(S(=O)(=O)c2c(F)cc(F)cc2F)C1. The lowest BCUT2D eigenvalue weighted by molar-refractivity contribution is 0.262. The van der Waals surface area contributed by atoms with E-state index >= 15 is 0 Å². The van der Waals surface area contributed by atoms with Gasteiger partial charge in [-0.3, -0.25) is 0 Å². The summed E-state index contributed by atoms with van der Waals surface area (Å²) >= 11 is 0. The van der Waals surface area contributed by atoms with Crippen LogP contribution < -0.4 is 5.32 Å². The summed E-state index contributed by atoms with van der Waals surface area (Å²) in [6, 6.07) is 0.760. The molecule has 8 heteroatoms. The van der Waals surface area contributed by atoms with Gasteiger partial charge in [0.2, 0.25) is 10.0 Å². The zero-order valence-corrected chi connectivity index (χ0v) is 12.4. The van der Waals surface area contributed by atoms with Crippen LogP contribution in [0.15, 0.2) is 17.0 Å². The zero-order chi connectivity index (χ0) is 15.6. The third kappa shape index (κ3) is 3.38. The lowest BCUT2D eigenvalue weighted by Gasteiger charge is -2.32. The molecule has 0 radical (unpaired) electrons. The third-order valence-corrected chi connectivity index (χ3v) is 5.45. The van der Waals surface area contributed by atoms with Crippen molar-refractivity contribution in [3.63, 3.8) is 0 Å². The van der Waals surface area contributed by atoms with Gasteiger partial charge in [0.15, 0.2) is 4.90 Å². The van der Waals surface area contributed by atoms with Gasteiger partial charge in [0, 0.05) is 25.2 Å². The Morgan fingerprint density at radius 1 is 1.29 bits per heavy atom. The summed E-state index contributed by atoms with van der Waals surface area (Å²) in [7, 11) is -2.55. The maximum absolute atomic E-state index is 13.7.